The zero-order chi connectivity index (χ0) is 23.8. The Morgan fingerprint density at radius 3 is 2.21 bits per heavy atom. The van der Waals surface area contributed by atoms with Gasteiger partial charge in [-0.2, -0.15) is 4.31 Å². The van der Waals surface area contributed by atoms with Crippen LogP contribution >= 0.6 is 24.0 Å². The molecule has 1 aliphatic heterocycles. The smallest absolute Gasteiger partial charge is 0.243 e. The summed E-state index contributed by atoms with van der Waals surface area (Å²) >= 11 is 6.03. The molecular weight excluding hydrogens is 495 g/mol. The number of hydrogen-bond acceptors (Lipinski definition) is 4. The maximum Gasteiger partial charge on any atom is 0.243 e. The van der Waals surface area contributed by atoms with Crippen molar-refractivity contribution in [2.24, 2.45) is 5.92 Å². The van der Waals surface area contributed by atoms with Gasteiger partial charge < -0.3 is 9.80 Å². The maximum absolute atomic E-state index is 13.2. The minimum atomic E-state index is -3.63. The Balaban J connectivity index is 0.00000324. The summed E-state index contributed by atoms with van der Waals surface area (Å²) < 4.78 is 27.9. The number of amides is 1. The summed E-state index contributed by atoms with van der Waals surface area (Å²) in [5, 5.41) is 10.1. The molecule has 0 radical (unpaired) electrons. The van der Waals surface area contributed by atoms with Crippen LogP contribution in [0.5, 0.6) is 0 Å². The van der Waals surface area contributed by atoms with E-state index >= 15 is 0 Å². The van der Waals surface area contributed by atoms with Crippen molar-refractivity contribution in [2.75, 3.05) is 33.2 Å². The highest BCUT2D eigenvalue weighted by molar-refractivity contribution is 7.89. The fourth-order valence-electron chi connectivity index (χ4n) is 4.90. The van der Waals surface area contributed by atoms with Crippen LogP contribution < -0.4 is 0 Å². The van der Waals surface area contributed by atoms with Crippen molar-refractivity contribution < 1.29 is 13.2 Å². The van der Waals surface area contributed by atoms with Gasteiger partial charge in [0.25, 0.3) is 0 Å². The van der Waals surface area contributed by atoms with Crippen molar-refractivity contribution in [3.05, 3.63) is 41.4 Å². The summed E-state index contributed by atoms with van der Waals surface area (Å²) in [6, 6.07) is 10.8. The van der Waals surface area contributed by atoms with Crippen molar-refractivity contribution in [1.82, 2.24) is 14.1 Å². The van der Waals surface area contributed by atoms with Gasteiger partial charge in [0.15, 0.2) is 0 Å². The highest BCUT2D eigenvalue weighted by Gasteiger charge is 2.35. The van der Waals surface area contributed by atoms with Crippen LogP contribution in [-0.4, -0.2) is 73.5 Å². The van der Waals surface area contributed by atoms with Gasteiger partial charge in [0, 0.05) is 50.2 Å². The number of carbonyl (C=O) groups is 1. The molecule has 34 heavy (non-hydrogen) atoms. The minimum absolute atomic E-state index is 0. The van der Waals surface area contributed by atoms with E-state index in [1.54, 1.807) is 31.2 Å². The van der Waals surface area contributed by atoms with Crippen molar-refractivity contribution in [1.29, 1.82) is 5.41 Å². The molecule has 10 heteroatoms. The van der Waals surface area contributed by atoms with Crippen LogP contribution in [0.1, 0.15) is 32.6 Å². The Bertz CT molecular complexity index is 1160. The van der Waals surface area contributed by atoms with Crippen LogP contribution in [0, 0.1) is 11.3 Å². The lowest BCUT2D eigenvalue weighted by Crippen LogP contribution is -2.52. The fraction of sp³-hybridized carbons (Fsp3) is 0.500. The third kappa shape index (κ3) is 5.51. The first-order valence-corrected chi connectivity index (χ1v) is 13.2. The standard InChI is InChI=1S/C24H31ClN4O3S.ClH/c1-17(26)27(2)22-8-4-18(5-9-22)24(30)28-11-13-29(14-12-28)33(31,32)23-10-6-19-15-21(25)7-3-20(19)16-23;/h3,6-7,10,15-16,18,22,26H,4-5,8-9,11-14H2,1-2H3;1H/t18-,22-;. The van der Waals surface area contributed by atoms with Crippen molar-refractivity contribution >= 4 is 56.5 Å². The summed E-state index contributed by atoms with van der Waals surface area (Å²) in [5.74, 6) is 0.691. The first kappa shape index (κ1) is 26.7. The van der Waals surface area contributed by atoms with Crippen molar-refractivity contribution in [3.8, 4) is 0 Å². The van der Waals surface area contributed by atoms with E-state index in [2.05, 4.69) is 0 Å². The predicted molar refractivity (Wildman–Crippen MR) is 138 cm³/mol. The summed E-state index contributed by atoms with van der Waals surface area (Å²) in [6.45, 7) is 3.23. The molecular formula is C24H32Cl2N4O3S. The van der Waals surface area contributed by atoms with Gasteiger partial charge in [-0.3, -0.25) is 10.2 Å². The first-order valence-electron chi connectivity index (χ1n) is 11.4. The van der Waals surface area contributed by atoms with E-state index in [1.165, 1.54) is 4.31 Å². The lowest BCUT2D eigenvalue weighted by molar-refractivity contribution is -0.138. The van der Waals surface area contributed by atoms with E-state index in [0.29, 0.717) is 43.1 Å². The molecule has 2 aromatic rings. The zero-order valence-corrected chi connectivity index (χ0v) is 21.9. The molecule has 0 unspecified atom stereocenters. The number of halogens is 2. The van der Waals surface area contributed by atoms with Gasteiger partial charge >= 0.3 is 0 Å². The van der Waals surface area contributed by atoms with E-state index in [0.717, 1.165) is 36.5 Å². The largest absolute Gasteiger partial charge is 0.361 e. The average molecular weight is 528 g/mol. The predicted octanol–water partition coefficient (Wildman–Crippen LogP) is 4.24. The molecule has 0 bridgehead atoms. The molecule has 0 aromatic heterocycles. The Morgan fingerprint density at radius 2 is 1.59 bits per heavy atom. The SMILES string of the molecule is CC(=N)N(C)[C@H]1CC[C@H](C(=O)N2CCN(S(=O)(=O)c3ccc4cc(Cl)ccc4c3)CC2)CC1.Cl. The van der Waals surface area contributed by atoms with Crippen LogP contribution in [0.2, 0.25) is 5.02 Å². The topological polar surface area (TPSA) is 84.8 Å². The van der Waals surface area contributed by atoms with Crippen molar-refractivity contribution in [2.45, 2.75) is 43.5 Å². The van der Waals surface area contributed by atoms with E-state index in [9.17, 15) is 13.2 Å². The molecule has 2 fully saturated rings. The van der Waals surface area contributed by atoms with E-state index in [4.69, 9.17) is 17.0 Å². The number of fused-ring (bicyclic) bond motifs is 1. The molecule has 4 rings (SSSR count). The summed E-state index contributed by atoms with van der Waals surface area (Å²) in [6.07, 6.45) is 3.46. The number of nitrogens with zero attached hydrogens (tertiary/aromatic N) is 3. The molecule has 186 valence electrons. The van der Waals surface area contributed by atoms with Crippen LogP contribution in [0.3, 0.4) is 0 Å². The molecule has 0 atom stereocenters. The monoisotopic (exact) mass is 526 g/mol. The number of rotatable bonds is 4. The molecule has 2 aliphatic rings. The van der Waals surface area contributed by atoms with Gasteiger partial charge in [0.05, 0.1) is 10.7 Å². The van der Waals surface area contributed by atoms with Crippen LogP contribution in [0.15, 0.2) is 41.3 Å². The number of amidine groups is 1. The third-order valence-corrected chi connectivity index (χ3v) is 9.21. The molecule has 1 N–H and O–H groups in total. The third-order valence-electron chi connectivity index (χ3n) is 7.08. The van der Waals surface area contributed by atoms with E-state index in [1.807, 2.05) is 29.0 Å². The van der Waals surface area contributed by atoms with Gasteiger partial charge in [0.1, 0.15) is 0 Å². The number of sulfonamides is 1. The molecule has 7 nitrogen and oxygen atoms in total. The van der Waals surface area contributed by atoms with Gasteiger partial charge in [-0.1, -0.05) is 23.7 Å². The number of nitrogens with one attached hydrogen (secondary N) is 1. The van der Waals surface area contributed by atoms with Crippen LogP contribution in [0.4, 0.5) is 0 Å². The summed E-state index contributed by atoms with van der Waals surface area (Å²) in [5.41, 5.74) is 0. The highest BCUT2D eigenvalue weighted by Crippen LogP contribution is 2.30. The molecule has 1 heterocycles. The highest BCUT2D eigenvalue weighted by atomic mass is 35.5. The van der Waals surface area contributed by atoms with E-state index < -0.39 is 10.0 Å². The fourth-order valence-corrected chi connectivity index (χ4v) is 6.53. The molecule has 1 saturated heterocycles. The quantitative estimate of drug-likeness (QED) is 0.476. The maximum atomic E-state index is 13.2. The normalized spacial score (nSPS) is 21.7. The van der Waals surface area contributed by atoms with Crippen LogP contribution in [0.25, 0.3) is 10.8 Å². The second kappa shape index (κ2) is 10.8. The Hall–Kier alpha value is -1.87. The Morgan fingerprint density at radius 1 is 1.00 bits per heavy atom. The average Bonchev–Trinajstić information content (AvgIpc) is 2.82. The number of benzene rings is 2. The lowest BCUT2D eigenvalue weighted by atomic mass is 9.84. The second-order valence-electron chi connectivity index (χ2n) is 9.08. The lowest BCUT2D eigenvalue weighted by Gasteiger charge is -2.39. The Labute approximate surface area is 213 Å². The first-order chi connectivity index (χ1) is 15.7. The summed E-state index contributed by atoms with van der Waals surface area (Å²) in [4.78, 5) is 17.1. The van der Waals surface area contributed by atoms with Gasteiger partial charge in [-0.25, -0.2) is 8.42 Å². The van der Waals surface area contributed by atoms with Gasteiger partial charge in [-0.15, -0.1) is 12.4 Å². The molecule has 1 aliphatic carbocycles. The second-order valence-corrected chi connectivity index (χ2v) is 11.5. The minimum Gasteiger partial charge on any atom is -0.361 e. The van der Waals surface area contributed by atoms with E-state index in [-0.39, 0.29) is 29.1 Å². The van der Waals surface area contributed by atoms with Gasteiger partial charge in [-0.05, 0) is 67.6 Å². The number of hydrogen-bond donors (Lipinski definition) is 1. The molecule has 2 aromatic carbocycles. The molecule has 1 amide bonds. The van der Waals surface area contributed by atoms with Crippen LogP contribution in [-0.2, 0) is 14.8 Å². The number of carbonyl (C=O) groups excluding carboxylic acids is 1. The number of piperazine rings is 1. The van der Waals surface area contributed by atoms with Crippen molar-refractivity contribution in [3.63, 3.8) is 0 Å². The summed E-state index contributed by atoms with van der Waals surface area (Å²) in [7, 11) is -1.68. The van der Waals surface area contributed by atoms with Gasteiger partial charge in [0.2, 0.25) is 15.9 Å². The molecule has 0 spiro atoms. The zero-order valence-electron chi connectivity index (χ0n) is 19.5. The molecule has 1 saturated carbocycles. The Kier molecular flexibility index (Phi) is 8.50.